The number of halogens is 2. The molecule has 1 N–H and O–H groups in total. The average Bonchev–Trinajstić information content (AvgIpc) is 3.34. The van der Waals surface area contributed by atoms with Crippen molar-refractivity contribution in [3.63, 3.8) is 0 Å². The summed E-state index contributed by atoms with van der Waals surface area (Å²) in [6.45, 7) is 0.995. The predicted octanol–water partition coefficient (Wildman–Crippen LogP) is 5.92. The highest BCUT2D eigenvalue weighted by Gasteiger charge is 2.52. The van der Waals surface area contributed by atoms with E-state index in [0.29, 0.717) is 16.1 Å². The Morgan fingerprint density at radius 1 is 0.966 bits per heavy atom. The molecule has 2 fully saturated rings. The lowest BCUT2D eigenvalue weighted by Crippen LogP contribution is -2.38. The molecule has 0 spiro atoms. The second kappa shape index (κ2) is 6.43. The van der Waals surface area contributed by atoms with Crippen molar-refractivity contribution in [1.29, 1.82) is 0 Å². The van der Waals surface area contributed by atoms with Crippen LogP contribution in [0.4, 0.5) is 5.69 Å². The maximum atomic E-state index is 10.9. The fourth-order valence-corrected chi connectivity index (χ4v) is 6.10. The minimum atomic E-state index is -0.105. The molecule has 2 aromatic carbocycles. The summed E-state index contributed by atoms with van der Waals surface area (Å²) < 4.78 is 2.32. The van der Waals surface area contributed by atoms with Crippen LogP contribution in [0.3, 0.4) is 0 Å². The van der Waals surface area contributed by atoms with Gasteiger partial charge in [-0.05, 0) is 49.2 Å². The highest BCUT2D eigenvalue weighted by atomic mass is 35.5. The van der Waals surface area contributed by atoms with Gasteiger partial charge in [-0.2, -0.15) is 0 Å². The molecule has 3 aliphatic rings. The second-order valence-electron chi connectivity index (χ2n) is 8.14. The Morgan fingerprint density at radius 2 is 1.79 bits per heavy atom. The van der Waals surface area contributed by atoms with Gasteiger partial charge in [-0.3, -0.25) is 4.90 Å². The summed E-state index contributed by atoms with van der Waals surface area (Å²) in [7, 11) is 0. The van der Waals surface area contributed by atoms with Gasteiger partial charge in [0.05, 0.1) is 22.4 Å². The van der Waals surface area contributed by atoms with Gasteiger partial charge in [-0.1, -0.05) is 41.8 Å². The first-order chi connectivity index (χ1) is 14.1. The van der Waals surface area contributed by atoms with Crippen LogP contribution in [0.25, 0.3) is 5.69 Å². The van der Waals surface area contributed by atoms with E-state index in [1.807, 2.05) is 6.07 Å². The molecule has 0 unspecified atom stereocenters. The van der Waals surface area contributed by atoms with Crippen LogP contribution in [-0.2, 0) is 0 Å². The van der Waals surface area contributed by atoms with Crippen LogP contribution in [0.1, 0.15) is 42.7 Å². The first-order valence-corrected chi connectivity index (χ1v) is 10.9. The van der Waals surface area contributed by atoms with Gasteiger partial charge in [-0.25, -0.2) is 0 Å². The maximum Gasteiger partial charge on any atom is 0.140 e. The summed E-state index contributed by atoms with van der Waals surface area (Å²) in [5.41, 5.74) is 4.43. The normalized spacial score (nSPS) is 25.3. The molecule has 4 heterocycles. The van der Waals surface area contributed by atoms with Crippen molar-refractivity contribution in [3.8, 4) is 11.4 Å². The van der Waals surface area contributed by atoms with Crippen LogP contribution in [-0.4, -0.2) is 27.2 Å². The Hall–Kier alpha value is -2.14. The molecule has 0 saturated carbocycles. The number of aromatic hydroxyl groups is 1. The van der Waals surface area contributed by atoms with E-state index in [4.69, 9.17) is 23.2 Å². The van der Waals surface area contributed by atoms with Crippen LogP contribution in [0.15, 0.2) is 54.7 Å². The van der Waals surface area contributed by atoms with E-state index >= 15 is 0 Å². The Balaban J connectivity index is 1.62. The number of phenols is 1. The number of hydrogen-bond acceptors (Lipinski definition) is 3. The number of fused-ring (bicyclic) bond motifs is 8. The molecule has 0 bridgehead atoms. The molecule has 4 nitrogen and oxygen atoms in total. The van der Waals surface area contributed by atoms with E-state index in [1.54, 1.807) is 6.07 Å². The number of aromatic nitrogens is 1. The number of rotatable bonds is 1. The zero-order valence-corrected chi connectivity index (χ0v) is 17.3. The third kappa shape index (κ3) is 2.43. The summed E-state index contributed by atoms with van der Waals surface area (Å²) in [5.74, 6) is 0.129. The topological polar surface area (TPSA) is 31.6 Å². The van der Waals surface area contributed by atoms with Gasteiger partial charge < -0.3 is 14.6 Å². The van der Waals surface area contributed by atoms with Crippen LogP contribution < -0.4 is 4.90 Å². The third-order valence-corrected chi connectivity index (χ3v) is 7.18. The van der Waals surface area contributed by atoms with E-state index in [-0.39, 0.29) is 18.0 Å². The maximum absolute atomic E-state index is 10.9. The zero-order valence-electron chi connectivity index (χ0n) is 15.8. The number of benzene rings is 2. The fourth-order valence-electron chi connectivity index (χ4n) is 5.59. The Kier molecular flexibility index (Phi) is 3.92. The Bertz CT molecular complexity index is 1110. The van der Waals surface area contributed by atoms with E-state index in [2.05, 4.69) is 57.0 Å². The van der Waals surface area contributed by atoms with E-state index in [0.717, 1.165) is 24.9 Å². The van der Waals surface area contributed by atoms with Gasteiger partial charge >= 0.3 is 0 Å². The number of hydrogen-bond donors (Lipinski definition) is 1. The molecule has 2 saturated heterocycles. The van der Waals surface area contributed by atoms with Crippen molar-refractivity contribution in [2.45, 2.75) is 37.5 Å². The van der Waals surface area contributed by atoms with Crippen LogP contribution in [0, 0.1) is 0 Å². The zero-order chi connectivity index (χ0) is 19.7. The number of nitrogens with zero attached hydrogens (tertiary/aromatic N) is 3. The van der Waals surface area contributed by atoms with Crippen LogP contribution >= 0.6 is 23.2 Å². The van der Waals surface area contributed by atoms with E-state index in [1.165, 1.54) is 23.5 Å². The molecule has 6 rings (SSSR count). The van der Waals surface area contributed by atoms with Gasteiger partial charge in [0, 0.05) is 35.1 Å². The molecule has 3 atom stereocenters. The van der Waals surface area contributed by atoms with Crippen molar-refractivity contribution in [2.24, 2.45) is 0 Å². The molecule has 3 aromatic rings. The number of anilines is 1. The molecule has 0 amide bonds. The predicted molar refractivity (Wildman–Crippen MR) is 116 cm³/mol. The lowest BCUT2D eigenvalue weighted by molar-refractivity contribution is 0.143. The lowest BCUT2D eigenvalue weighted by atomic mass is 9.94. The minimum absolute atomic E-state index is 0.105. The lowest BCUT2D eigenvalue weighted by Gasteiger charge is -2.39. The molecule has 148 valence electrons. The summed E-state index contributed by atoms with van der Waals surface area (Å²) in [6.07, 6.45) is 5.57. The SMILES string of the molecule is Oc1c(Cl)cc(Cl)cc1[C@@H]1N2CCCC[C@@H]2[C@H]2c3cccn3-c3ccccc3N21. The smallest absolute Gasteiger partial charge is 0.140 e. The third-order valence-electron chi connectivity index (χ3n) is 6.67. The largest absolute Gasteiger partial charge is 0.506 e. The standard InChI is InChI=1S/C23H21Cl2N3O/c24-14-12-15(22(29)16(25)13-14)23-27-10-4-3-8-20(27)21-19-9-5-11-26(19)17-6-1-2-7-18(17)28(21)23/h1-2,5-7,9,11-13,20-21,23,29H,3-4,8,10H2/t20-,21-,23-/m1/s1. The van der Waals surface area contributed by atoms with Crippen molar-refractivity contribution in [1.82, 2.24) is 9.47 Å². The van der Waals surface area contributed by atoms with E-state index < -0.39 is 0 Å². The average molecular weight is 426 g/mol. The molecule has 0 aliphatic carbocycles. The molecule has 3 aliphatic heterocycles. The molecule has 6 heteroatoms. The number of piperidine rings is 1. The summed E-state index contributed by atoms with van der Waals surface area (Å²) in [6, 6.07) is 17.0. The van der Waals surface area contributed by atoms with Gasteiger partial charge in [0.1, 0.15) is 11.9 Å². The van der Waals surface area contributed by atoms with Crippen molar-refractivity contribution in [2.75, 3.05) is 11.4 Å². The molecule has 1 aromatic heterocycles. The summed E-state index contributed by atoms with van der Waals surface area (Å²) >= 11 is 12.7. The quantitative estimate of drug-likeness (QED) is 0.524. The minimum Gasteiger partial charge on any atom is -0.506 e. The number of para-hydroxylation sites is 2. The second-order valence-corrected chi connectivity index (χ2v) is 8.99. The van der Waals surface area contributed by atoms with E-state index in [9.17, 15) is 5.11 Å². The molecular weight excluding hydrogens is 405 g/mol. The monoisotopic (exact) mass is 425 g/mol. The fraction of sp³-hybridized carbons (Fsp3) is 0.304. The van der Waals surface area contributed by atoms with Crippen molar-refractivity contribution >= 4 is 28.9 Å². The Labute approximate surface area is 179 Å². The van der Waals surface area contributed by atoms with Crippen molar-refractivity contribution < 1.29 is 5.11 Å². The number of phenolic OH excluding ortho intramolecular Hbond substituents is 1. The van der Waals surface area contributed by atoms with Gasteiger partial charge in [0.2, 0.25) is 0 Å². The van der Waals surface area contributed by atoms with Crippen LogP contribution in [0.2, 0.25) is 10.0 Å². The first-order valence-electron chi connectivity index (χ1n) is 10.1. The summed E-state index contributed by atoms with van der Waals surface area (Å²) in [4.78, 5) is 5.01. The Morgan fingerprint density at radius 3 is 2.66 bits per heavy atom. The summed E-state index contributed by atoms with van der Waals surface area (Å²) in [5, 5.41) is 11.8. The highest BCUT2D eigenvalue weighted by molar-refractivity contribution is 6.35. The molecular formula is C23H21Cl2N3O. The first kappa shape index (κ1) is 17.7. The molecule has 0 radical (unpaired) electrons. The van der Waals surface area contributed by atoms with Crippen LogP contribution in [0.5, 0.6) is 5.75 Å². The van der Waals surface area contributed by atoms with Gasteiger partial charge in [-0.15, -0.1) is 0 Å². The highest BCUT2D eigenvalue weighted by Crippen LogP contribution is 2.56. The van der Waals surface area contributed by atoms with Crippen molar-refractivity contribution in [3.05, 3.63) is 76.0 Å². The van der Waals surface area contributed by atoms with Gasteiger partial charge in [0.25, 0.3) is 0 Å². The van der Waals surface area contributed by atoms with Gasteiger partial charge in [0.15, 0.2) is 0 Å². The molecule has 29 heavy (non-hydrogen) atoms.